The molecule has 0 bridgehead atoms. The molecule has 110 valence electrons. The summed E-state index contributed by atoms with van der Waals surface area (Å²) in [6.07, 6.45) is 5.30. The fourth-order valence-electron chi connectivity index (χ4n) is 2.64. The van der Waals surface area contributed by atoms with Crippen LogP contribution in [0.2, 0.25) is 5.15 Å². The fourth-order valence-corrected chi connectivity index (χ4v) is 2.87. The molecular weight excluding hydrogens is 276 g/mol. The first-order chi connectivity index (χ1) is 9.61. The molecule has 0 atom stereocenters. The van der Waals surface area contributed by atoms with Crippen LogP contribution >= 0.6 is 11.6 Å². The zero-order chi connectivity index (χ0) is 14.5. The maximum absolute atomic E-state index is 11.1. The molecule has 0 spiro atoms. The van der Waals surface area contributed by atoms with Crippen LogP contribution in [0.5, 0.6) is 0 Å². The predicted molar refractivity (Wildman–Crippen MR) is 80.1 cm³/mol. The first-order valence-corrected chi connectivity index (χ1v) is 7.51. The zero-order valence-corrected chi connectivity index (χ0v) is 12.8. The molecule has 0 radical (unpaired) electrons. The van der Waals surface area contributed by atoms with E-state index >= 15 is 0 Å². The van der Waals surface area contributed by atoms with E-state index in [1.54, 1.807) is 6.92 Å². The van der Waals surface area contributed by atoms with Crippen molar-refractivity contribution in [3.8, 4) is 0 Å². The Hall–Kier alpha value is -1.36. The Morgan fingerprint density at radius 3 is 2.75 bits per heavy atom. The molecule has 1 amide bonds. The molecule has 20 heavy (non-hydrogen) atoms. The molecule has 1 aliphatic heterocycles. The van der Waals surface area contributed by atoms with Crippen molar-refractivity contribution < 1.29 is 4.79 Å². The number of amides is 1. The second-order valence-corrected chi connectivity index (χ2v) is 5.54. The van der Waals surface area contributed by atoms with Crippen molar-refractivity contribution in [3.63, 3.8) is 0 Å². The number of aromatic nitrogens is 2. The molecule has 1 N–H and O–H groups in total. The van der Waals surface area contributed by atoms with E-state index in [-0.39, 0.29) is 11.9 Å². The highest BCUT2D eigenvalue weighted by atomic mass is 35.5. The second kappa shape index (κ2) is 6.88. The summed E-state index contributed by atoms with van der Waals surface area (Å²) in [4.78, 5) is 21.8. The van der Waals surface area contributed by atoms with E-state index in [1.807, 2.05) is 0 Å². The van der Waals surface area contributed by atoms with E-state index in [0.717, 1.165) is 50.2 Å². The molecular formula is C14H21ClN4O. The van der Waals surface area contributed by atoms with Crippen molar-refractivity contribution in [2.24, 2.45) is 0 Å². The Kier molecular flexibility index (Phi) is 5.17. The Morgan fingerprint density at radius 1 is 1.45 bits per heavy atom. The molecule has 5 nitrogen and oxygen atoms in total. The van der Waals surface area contributed by atoms with Crippen molar-refractivity contribution in [1.82, 2.24) is 15.3 Å². The third-order valence-electron chi connectivity index (χ3n) is 3.57. The zero-order valence-electron chi connectivity index (χ0n) is 12.0. The van der Waals surface area contributed by atoms with Crippen LogP contribution < -0.4 is 10.2 Å². The van der Waals surface area contributed by atoms with Gasteiger partial charge in [-0.3, -0.25) is 4.79 Å². The molecule has 0 saturated carbocycles. The largest absolute Gasteiger partial charge is 0.356 e. The fraction of sp³-hybridized carbons (Fsp3) is 0.643. The van der Waals surface area contributed by atoms with Crippen LogP contribution in [-0.4, -0.2) is 35.0 Å². The lowest BCUT2D eigenvalue weighted by Gasteiger charge is -2.34. The van der Waals surface area contributed by atoms with Gasteiger partial charge in [-0.1, -0.05) is 24.9 Å². The van der Waals surface area contributed by atoms with Gasteiger partial charge in [0, 0.05) is 31.6 Å². The van der Waals surface area contributed by atoms with E-state index in [1.165, 1.54) is 6.33 Å². The number of halogens is 1. The number of nitrogens with zero attached hydrogens (tertiary/aromatic N) is 3. The smallest absolute Gasteiger partial charge is 0.217 e. The summed E-state index contributed by atoms with van der Waals surface area (Å²) in [5, 5.41) is 3.54. The maximum Gasteiger partial charge on any atom is 0.217 e. The molecule has 6 heteroatoms. The summed E-state index contributed by atoms with van der Waals surface area (Å²) in [5.41, 5.74) is 1.04. The van der Waals surface area contributed by atoms with Crippen LogP contribution in [0.25, 0.3) is 0 Å². The number of hydrogen-bond acceptors (Lipinski definition) is 4. The number of hydrogen-bond donors (Lipinski definition) is 1. The molecule has 1 aromatic rings. The van der Waals surface area contributed by atoms with Gasteiger partial charge in [0.05, 0.1) is 0 Å². The Bertz CT molecular complexity index is 472. The highest BCUT2D eigenvalue weighted by Gasteiger charge is 2.23. The van der Waals surface area contributed by atoms with Gasteiger partial charge in [0.1, 0.15) is 17.3 Å². The third-order valence-corrected chi connectivity index (χ3v) is 3.90. The topological polar surface area (TPSA) is 58.1 Å². The minimum Gasteiger partial charge on any atom is -0.356 e. The summed E-state index contributed by atoms with van der Waals surface area (Å²) in [7, 11) is 0. The van der Waals surface area contributed by atoms with Crippen LogP contribution in [0.3, 0.4) is 0 Å². The van der Waals surface area contributed by atoms with Crippen LogP contribution in [0, 0.1) is 0 Å². The van der Waals surface area contributed by atoms with Gasteiger partial charge in [-0.05, 0) is 19.3 Å². The molecule has 2 rings (SSSR count). The van der Waals surface area contributed by atoms with Crippen LogP contribution in [0.15, 0.2) is 6.33 Å². The minimum absolute atomic E-state index is 0.0419. The maximum atomic E-state index is 11.1. The van der Waals surface area contributed by atoms with Gasteiger partial charge in [0.2, 0.25) is 5.91 Å². The Morgan fingerprint density at radius 2 is 2.15 bits per heavy atom. The number of nitrogens with one attached hydrogen (secondary N) is 1. The van der Waals surface area contributed by atoms with Gasteiger partial charge in [-0.25, -0.2) is 9.97 Å². The SMILES string of the molecule is CCCc1c(Cl)ncnc1N1CCC(NC(C)=O)CC1. The average Bonchev–Trinajstić information content (AvgIpc) is 2.42. The number of piperidine rings is 1. The number of carbonyl (C=O) groups is 1. The van der Waals surface area contributed by atoms with Crippen molar-refractivity contribution in [2.45, 2.75) is 45.6 Å². The monoisotopic (exact) mass is 296 g/mol. The van der Waals surface area contributed by atoms with Gasteiger partial charge < -0.3 is 10.2 Å². The highest BCUT2D eigenvalue weighted by Crippen LogP contribution is 2.27. The van der Waals surface area contributed by atoms with Crippen LogP contribution in [-0.2, 0) is 11.2 Å². The van der Waals surface area contributed by atoms with Crippen molar-refractivity contribution in [2.75, 3.05) is 18.0 Å². The molecule has 1 aliphatic rings. The molecule has 1 fully saturated rings. The summed E-state index contributed by atoms with van der Waals surface area (Å²) in [6.45, 7) is 5.45. The van der Waals surface area contributed by atoms with E-state index in [9.17, 15) is 4.79 Å². The van der Waals surface area contributed by atoms with Gasteiger partial charge >= 0.3 is 0 Å². The first-order valence-electron chi connectivity index (χ1n) is 7.13. The van der Waals surface area contributed by atoms with Crippen molar-refractivity contribution in [1.29, 1.82) is 0 Å². The quantitative estimate of drug-likeness (QED) is 0.865. The number of rotatable bonds is 4. The first kappa shape index (κ1) is 15.0. The Labute approximate surface area is 124 Å². The lowest BCUT2D eigenvalue weighted by Crippen LogP contribution is -2.44. The van der Waals surface area contributed by atoms with Gasteiger partial charge in [-0.15, -0.1) is 0 Å². The summed E-state index contributed by atoms with van der Waals surface area (Å²) >= 11 is 6.19. The van der Waals surface area contributed by atoms with E-state index in [4.69, 9.17) is 11.6 Å². The summed E-state index contributed by atoms with van der Waals surface area (Å²) in [5.74, 6) is 0.994. The van der Waals surface area contributed by atoms with Crippen molar-refractivity contribution in [3.05, 3.63) is 17.0 Å². The molecule has 0 aliphatic carbocycles. The minimum atomic E-state index is 0.0419. The van der Waals surface area contributed by atoms with Crippen LogP contribution in [0.1, 0.15) is 38.7 Å². The lowest BCUT2D eigenvalue weighted by molar-refractivity contribution is -0.119. The second-order valence-electron chi connectivity index (χ2n) is 5.18. The Balaban J connectivity index is 2.07. The summed E-state index contributed by atoms with van der Waals surface area (Å²) < 4.78 is 0. The molecule has 1 saturated heterocycles. The molecule has 1 aromatic heterocycles. The van der Waals surface area contributed by atoms with Gasteiger partial charge in [0.15, 0.2) is 0 Å². The lowest BCUT2D eigenvalue weighted by atomic mass is 10.0. The predicted octanol–water partition coefficient (Wildman–Crippen LogP) is 2.19. The number of carbonyl (C=O) groups excluding carboxylic acids is 1. The van der Waals surface area contributed by atoms with Gasteiger partial charge in [-0.2, -0.15) is 0 Å². The number of anilines is 1. The summed E-state index contributed by atoms with van der Waals surface area (Å²) in [6, 6.07) is 0.274. The van der Waals surface area contributed by atoms with E-state index in [2.05, 4.69) is 27.1 Å². The molecule has 0 aromatic carbocycles. The van der Waals surface area contributed by atoms with E-state index < -0.39 is 0 Å². The standard InChI is InChI=1S/C14H21ClN4O/c1-3-4-12-13(15)16-9-17-14(12)19-7-5-11(6-8-19)18-10(2)20/h9,11H,3-8H2,1-2H3,(H,18,20). The third kappa shape index (κ3) is 3.60. The average molecular weight is 297 g/mol. The molecule has 0 unspecified atom stereocenters. The normalized spacial score (nSPS) is 16.2. The van der Waals surface area contributed by atoms with Crippen LogP contribution in [0.4, 0.5) is 5.82 Å². The van der Waals surface area contributed by atoms with Gasteiger partial charge in [0.25, 0.3) is 0 Å². The van der Waals surface area contributed by atoms with Crippen molar-refractivity contribution >= 4 is 23.3 Å². The highest BCUT2D eigenvalue weighted by molar-refractivity contribution is 6.30. The molecule has 2 heterocycles. The van der Waals surface area contributed by atoms with E-state index in [0.29, 0.717) is 5.15 Å².